The fourth-order valence-corrected chi connectivity index (χ4v) is 2.52. The Hall–Kier alpha value is -2.00. The normalized spacial score (nSPS) is 10.9. The van der Waals surface area contributed by atoms with Crippen molar-refractivity contribution in [1.82, 2.24) is 9.78 Å². The van der Waals surface area contributed by atoms with Gasteiger partial charge in [0.1, 0.15) is 18.1 Å². The molecule has 0 bridgehead atoms. The summed E-state index contributed by atoms with van der Waals surface area (Å²) in [7, 11) is 1.94. The van der Waals surface area contributed by atoms with E-state index in [0.29, 0.717) is 12.5 Å². The van der Waals surface area contributed by atoms with E-state index in [1.165, 1.54) is 0 Å². The molecule has 0 atom stereocenters. The summed E-state index contributed by atoms with van der Waals surface area (Å²) in [5, 5.41) is 5.64. The average molecular weight is 287 g/mol. The number of nitrogens with zero attached hydrogens (tertiary/aromatic N) is 2. The number of aryl methyl sites for hydroxylation is 1. The molecule has 0 amide bonds. The molecule has 3 nitrogen and oxygen atoms in total. The van der Waals surface area contributed by atoms with Crippen molar-refractivity contribution >= 4 is 22.5 Å². The molecular weight excluding hydrogens is 272 g/mol. The van der Waals surface area contributed by atoms with Gasteiger partial charge in [-0.2, -0.15) is 5.10 Å². The monoisotopic (exact) mass is 286 g/mol. The van der Waals surface area contributed by atoms with E-state index in [2.05, 4.69) is 17.2 Å². The minimum atomic E-state index is 0.440. The van der Waals surface area contributed by atoms with E-state index in [-0.39, 0.29) is 0 Å². The molecule has 0 radical (unpaired) electrons. The zero-order valence-corrected chi connectivity index (χ0v) is 12.0. The Morgan fingerprint density at radius 1 is 1.10 bits per heavy atom. The highest BCUT2D eigenvalue weighted by molar-refractivity contribution is 6.17. The number of aromatic nitrogens is 2. The molecule has 3 aromatic rings. The Labute approximate surface area is 122 Å². The van der Waals surface area contributed by atoms with Gasteiger partial charge in [0.2, 0.25) is 0 Å². The van der Waals surface area contributed by atoms with Crippen LogP contribution in [-0.4, -0.2) is 9.78 Å². The lowest BCUT2D eigenvalue weighted by atomic mass is 10.2. The van der Waals surface area contributed by atoms with Crippen LogP contribution in [-0.2, 0) is 19.5 Å². The molecule has 20 heavy (non-hydrogen) atoms. The number of benzene rings is 2. The quantitative estimate of drug-likeness (QED) is 0.680. The zero-order chi connectivity index (χ0) is 13.9. The van der Waals surface area contributed by atoms with E-state index in [0.717, 1.165) is 27.9 Å². The van der Waals surface area contributed by atoms with Crippen LogP contribution >= 0.6 is 11.6 Å². The second-order valence-electron chi connectivity index (χ2n) is 4.62. The molecule has 0 spiro atoms. The summed E-state index contributed by atoms with van der Waals surface area (Å²) >= 11 is 5.91. The molecule has 0 aliphatic carbocycles. The topological polar surface area (TPSA) is 27.1 Å². The SMILES string of the molecule is Cn1nc(COc2ccccc2CCl)c2ccccc21. The Kier molecular flexibility index (Phi) is 3.61. The molecule has 1 heterocycles. The van der Waals surface area contributed by atoms with Crippen LogP contribution in [0.2, 0.25) is 0 Å². The first-order valence-corrected chi connectivity index (χ1v) is 7.00. The molecule has 4 heteroatoms. The third-order valence-corrected chi connectivity index (χ3v) is 3.60. The van der Waals surface area contributed by atoms with Crippen LogP contribution < -0.4 is 4.74 Å². The molecule has 0 aliphatic heterocycles. The molecule has 0 N–H and O–H groups in total. The number of rotatable bonds is 4. The van der Waals surface area contributed by atoms with E-state index in [1.807, 2.05) is 48.1 Å². The molecule has 0 saturated heterocycles. The third-order valence-electron chi connectivity index (χ3n) is 3.32. The molecule has 3 rings (SSSR count). The second-order valence-corrected chi connectivity index (χ2v) is 4.88. The summed E-state index contributed by atoms with van der Waals surface area (Å²) in [6, 6.07) is 16.0. The van der Waals surface area contributed by atoms with Crippen molar-refractivity contribution in [3.05, 3.63) is 59.8 Å². The van der Waals surface area contributed by atoms with Gasteiger partial charge in [0, 0.05) is 18.0 Å². The minimum Gasteiger partial charge on any atom is -0.487 e. The highest BCUT2D eigenvalue weighted by atomic mass is 35.5. The number of alkyl halides is 1. The Bertz CT molecular complexity index is 736. The van der Waals surface area contributed by atoms with Crippen molar-refractivity contribution < 1.29 is 4.74 Å². The predicted molar refractivity (Wildman–Crippen MR) is 81.0 cm³/mol. The molecule has 0 fully saturated rings. The first kappa shape index (κ1) is 13.0. The van der Waals surface area contributed by atoms with E-state index >= 15 is 0 Å². The molecule has 2 aromatic carbocycles. The Morgan fingerprint density at radius 3 is 2.70 bits per heavy atom. The molecular formula is C16H15ClN2O. The van der Waals surface area contributed by atoms with Gasteiger partial charge in [-0.1, -0.05) is 36.4 Å². The minimum absolute atomic E-state index is 0.440. The van der Waals surface area contributed by atoms with Crippen molar-refractivity contribution in [3.63, 3.8) is 0 Å². The lowest BCUT2D eigenvalue weighted by Crippen LogP contribution is -2.00. The standard InChI is InChI=1S/C16H15ClN2O/c1-19-15-8-4-3-7-13(15)14(18-19)11-20-16-9-5-2-6-12(16)10-17/h2-9H,10-11H2,1H3. The third kappa shape index (κ3) is 2.37. The van der Waals surface area contributed by atoms with Crippen molar-refractivity contribution in [2.75, 3.05) is 0 Å². The lowest BCUT2D eigenvalue weighted by molar-refractivity contribution is 0.299. The van der Waals surface area contributed by atoms with Crippen LogP contribution in [0.25, 0.3) is 10.9 Å². The van der Waals surface area contributed by atoms with Gasteiger partial charge < -0.3 is 4.74 Å². The van der Waals surface area contributed by atoms with Crippen LogP contribution in [0.4, 0.5) is 0 Å². The maximum Gasteiger partial charge on any atom is 0.133 e. The number of hydrogen-bond acceptors (Lipinski definition) is 2. The maximum absolute atomic E-state index is 5.91. The number of fused-ring (bicyclic) bond motifs is 1. The van der Waals surface area contributed by atoms with Crippen LogP contribution in [0, 0.1) is 0 Å². The Morgan fingerprint density at radius 2 is 1.85 bits per heavy atom. The van der Waals surface area contributed by atoms with Crippen LogP contribution in [0.3, 0.4) is 0 Å². The summed E-state index contributed by atoms with van der Waals surface area (Å²) in [5.41, 5.74) is 3.04. The summed E-state index contributed by atoms with van der Waals surface area (Å²) < 4.78 is 7.75. The van der Waals surface area contributed by atoms with Gasteiger partial charge in [-0.3, -0.25) is 4.68 Å². The molecule has 0 unspecified atom stereocenters. The van der Waals surface area contributed by atoms with Gasteiger partial charge in [0.15, 0.2) is 0 Å². The summed E-state index contributed by atoms with van der Waals surface area (Å²) in [5.74, 6) is 1.26. The van der Waals surface area contributed by atoms with Gasteiger partial charge in [0.05, 0.1) is 11.4 Å². The predicted octanol–water partition coefficient (Wildman–Crippen LogP) is 3.89. The van der Waals surface area contributed by atoms with Gasteiger partial charge in [-0.15, -0.1) is 11.6 Å². The summed E-state index contributed by atoms with van der Waals surface area (Å²) in [6.45, 7) is 0.440. The fraction of sp³-hybridized carbons (Fsp3) is 0.188. The summed E-state index contributed by atoms with van der Waals surface area (Å²) in [4.78, 5) is 0. The highest BCUT2D eigenvalue weighted by Gasteiger charge is 2.09. The van der Waals surface area contributed by atoms with Crippen molar-refractivity contribution in [3.8, 4) is 5.75 Å². The highest BCUT2D eigenvalue weighted by Crippen LogP contribution is 2.23. The van der Waals surface area contributed by atoms with Crippen molar-refractivity contribution in [2.24, 2.45) is 7.05 Å². The molecule has 102 valence electrons. The van der Waals surface area contributed by atoms with E-state index in [4.69, 9.17) is 16.3 Å². The first-order valence-electron chi connectivity index (χ1n) is 6.47. The van der Waals surface area contributed by atoms with E-state index < -0.39 is 0 Å². The molecule has 0 aliphatic rings. The zero-order valence-electron chi connectivity index (χ0n) is 11.2. The van der Waals surface area contributed by atoms with Crippen molar-refractivity contribution in [2.45, 2.75) is 12.5 Å². The van der Waals surface area contributed by atoms with Crippen LogP contribution in [0.5, 0.6) is 5.75 Å². The number of hydrogen-bond donors (Lipinski definition) is 0. The average Bonchev–Trinajstić information content (AvgIpc) is 2.82. The van der Waals surface area contributed by atoms with Gasteiger partial charge in [-0.05, 0) is 12.1 Å². The molecule has 0 saturated carbocycles. The lowest BCUT2D eigenvalue weighted by Gasteiger charge is -2.08. The van der Waals surface area contributed by atoms with Crippen molar-refractivity contribution in [1.29, 1.82) is 0 Å². The fourth-order valence-electron chi connectivity index (χ4n) is 2.30. The van der Waals surface area contributed by atoms with Gasteiger partial charge >= 0.3 is 0 Å². The van der Waals surface area contributed by atoms with Crippen LogP contribution in [0.1, 0.15) is 11.3 Å². The number of ether oxygens (including phenoxy) is 1. The van der Waals surface area contributed by atoms with Crippen LogP contribution in [0.15, 0.2) is 48.5 Å². The Balaban J connectivity index is 1.87. The van der Waals surface area contributed by atoms with Gasteiger partial charge in [-0.25, -0.2) is 0 Å². The second kappa shape index (κ2) is 5.55. The number of para-hydroxylation sites is 2. The van der Waals surface area contributed by atoms with E-state index in [1.54, 1.807) is 0 Å². The number of halogens is 1. The first-order chi connectivity index (χ1) is 9.79. The maximum atomic E-state index is 5.91. The smallest absolute Gasteiger partial charge is 0.133 e. The largest absolute Gasteiger partial charge is 0.487 e. The summed E-state index contributed by atoms with van der Waals surface area (Å²) in [6.07, 6.45) is 0. The molecule has 1 aromatic heterocycles. The van der Waals surface area contributed by atoms with E-state index in [9.17, 15) is 0 Å². The van der Waals surface area contributed by atoms with Gasteiger partial charge in [0.25, 0.3) is 0 Å².